The van der Waals surface area contributed by atoms with Gasteiger partial charge in [-0.1, -0.05) is 29.8 Å². The van der Waals surface area contributed by atoms with Gasteiger partial charge in [-0.05, 0) is 39.2 Å². The molecule has 1 amide bonds. The van der Waals surface area contributed by atoms with Crippen LogP contribution in [0.3, 0.4) is 0 Å². The fraction of sp³-hybridized carbons (Fsp3) is 0.545. The predicted molar refractivity (Wildman–Crippen MR) is 115 cm³/mol. The average molecular weight is 434 g/mol. The number of methoxy groups -OCH3 is 1. The van der Waals surface area contributed by atoms with Gasteiger partial charge in [-0.2, -0.15) is 0 Å². The van der Waals surface area contributed by atoms with Crippen molar-refractivity contribution in [1.29, 1.82) is 0 Å². The second kappa shape index (κ2) is 9.31. The van der Waals surface area contributed by atoms with Crippen LogP contribution in [0.1, 0.15) is 49.6 Å². The Morgan fingerprint density at radius 1 is 1.27 bits per heavy atom. The summed E-state index contributed by atoms with van der Waals surface area (Å²) in [7, 11) is -2.03. The van der Waals surface area contributed by atoms with Gasteiger partial charge in [0.05, 0.1) is 30.8 Å². The van der Waals surface area contributed by atoms with Crippen molar-refractivity contribution in [3.05, 3.63) is 47.3 Å². The van der Waals surface area contributed by atoms with Gasteiger partial charge in [0.25, 0.3) is 0 Å². The van der Waals surface area contributed by atoms with E-state index in [0.29, 0.717) is 19.7 Å². The average Bonchev–Trinajstić information content (AvgIpc) is 3.45. The zero-order valence-corrected chi connectivity index (χ0v) is 19.0. The summed E-state index contributed by atoms with van der Waals surface area (Å²) in [5, 5.41) is 0.0543. The maximum absolute atomic E-state index is 13.2. The summed E-state index contributed by atoms with van der Waals surface area (Å²) in [6.45, 7) is 7.06. The highest BCUT2D eigenvalue weighted by Gasteiger charge is 2.34. The van der Waals surface area contributed by atoms with E-state index in [9.17, 15) is 13.2 Å². The molecule has 1 aliphatic rings. The highest BCUT2D eigenvalue weighted by Crippen LogP contribution is 2.32. The van der Waals surface area contributed by atoms with E-state index in [2.05, 4.69) is 4.98 Å². The summed E-state index contributed by atoms with van der Waals surface area (Å²) in [4.78, 5) is 18.7. The lowest BCUT2D eigenvalue weighted by Crippen LogP contribution is -2.35. The monoisotopic (exact) mass is 433 g/mol. The van der Waals surface area contributed by atoms with E-state index in [0.717, 1.165) is 29.7 Å². The molecule has 7 nitrogen and oxygen atoms in total. The molecule has 0 radical (unpaired) electrons. The van der Waals surface area contributed by atoms with Crippen molar-refractivity contribution in [2.24, 2.45) is 5.92 Å². The summed E-state index contributed by atoms with van der Waals surface area (Å²) in [5.41, 5.74) is 2.53. The fourth-order valence-electron chi connectivity index (χ4n) is 3.50. The van der Waals surface area contributed by atoms with Crippen LogP contribution in [0.25, 0.3) is 0 Å². The number of imidazole rings is 1. The van der Waals surface area contributed by atoms with Crippen LogP contribution in [-0.4, -0.2) is 49.0 Å². The number of nitrogens with zero attached hydrogens (tertiary/aromatic N) is 3. The first-order chi connectivity index (χ1) is 14.2. The number of carbonyl (C=O) groups excluding carboxylic acids is 1. The molecule has 8 heteroatoms. The standard InChI is InChI=1S/C22H31N3O4S/c1-16(2)25-20(14-24(11-12-29-4)21(26)19-9-10-19)13-23-22(25)30(27,28)15-18-7-5-17(3)6-8-18/h5-8,13,16,19H,9-12,14-15H2,1-4H3. The van der Waals surface area contributed by atoms with E-state index in [1.54, 1.807) is 22.8 Å². The smallest absolute Gasteiger partial charge is 0.228 e. The third-order valence-corrected chi connectivity index (χ3v) is 6.84. The van der Waals surface area contributed by atoms with Gasteiger partial charge >= 0.3 is 0 Å². The first-order valence-corrected chi connectivity index (χ1v) is 12.0. The Balaban J connectivity index is 1.88. The number of aromatic nitrogens is 2. The molecule has 1 aromatic heterocycles. The van der Waals surface area contributed by atoms with Crippen molar-refractivity contribution in [1.82, 2.24) is 14.5 Å². The molecule has 0 N–H and O–H groups in total. The lowest BCUT2D eigenvalue weighted by atomic mass is 10.2. The maximum Gasteiger partial charge on any atom is 0.228 e. The minimum atomic E-state index is -3.63. The molecule has 0 saturated heterocycles. The summed E-state index contributed by atoms with van der Waals surface area (Å²) in [5.74, 6) is 0.0832. The van der Waals surface area contributed by atoms with Gasteiger partial charge in [0.2, 0.25) is 20.9 Å². The van der Waals surface area contributed by atoms with Crippen LogP contribution < -0.4 is 0 Å². The largest absolute Gasteiger partial charge is 0.383 e. The predicted octanol–water partition coefficient (Wildman–Crippen LogP) is 3.13. The number of carbonyl (C=O) groups is 1. The molecule has 30 heavy (non-hydrogen) atoms. The highest BCUT2D eigenvalue weighted by molar-refractivity contribution is 7.90. The molecule has 0 unspecified atom stereocenters. The van der Waals surface area contributed by atoms with E-state index in [-0.39, 0.29) is 28.8 Å². The zero-order valence-electron chi connectivity index (χ0n) is 18.2. The lowest BCUT2D eigenvalue weighted by molar-refractivity contribution is -0.133. The Labute approximate surface area is 179 Å². The van der Waals surface area contributed by atoms with Crippen LogP contribution in [0.15, 0.2) is 35.6 Å². The van der Waals surface area contributed by atoms with Gasteiger partial charge < -0.3 is 14.2 Å². The summed E-state index contributed by atoms with van der Waals surface area (Å²) in [6, 6.07) is 7.37. The second-order valence-corrected chi connectivity index (χ2v) is 10.2. The molecule has 0 bridgehead atoms. The van der Waals surface area contributed by atoms with Gasteiger partial charge in [-0.3, -0.25) is 4.79 Å². The number of rotatable bonds is 10. The molecule has 2 aromatic rings. The Kier molecular flexibility index (Phi) is 6.98. The van der Waals surface area contributed by atoms with Crippen molar-refractivity contribution in [2.75, 3.05) is 20.3 Å². The molecule has 3 rings (SSSR count). The van der Waals surface area contributed by atoms with Gasteiger partial charge in [0.1, 0.15) is 0 Å². The number of amides is 1. The molecule has 0 atom stereocenters. The van der Waals surface area contributed by atoms with Crippen LogP contribution in [-0.2, 0) is 31.7 Å². The topological polar surface area (TPSA) is 81.5 Å². The molecular formula is C22H31N3O4S. The third-order valence-electron chi connectivity index (χ3n) is 5.27. The molecule has 164 valence electrons. The molecule has 1 heterocycles. The van der Waals surface area contributed by atoms with Gasteiger partial charge in [0.15, 0.2) is 0 Å². The van der Waals surface area contributed by atoms with Crippen molar-refractivity contribution in [2.45, 2.75) is 57.1 Å². The summed E-state index contributed by atoms with van der Waals surface area (Å²) < 4.78 is 33.2. The summed E-state index contributed by atoms with van der Waals surface area (Å²) >= 11 is 0. The van der Waals surface area contributed by atoms with Crippen molar-refractivity contribution in [3.8, 4) is 0 Å². The van der Waals surface area contributed by atoms with Gasteiger partial charge in [-0.15, -0.1) is 0 Å². The number of aryl methyl sites for hydroxylation is 1. The SMILES string of the molecule is COCCN(Cc1cnc(S(=O)(=O)Cc2ccc(C)cc2)n1C(C)C)C(=O)C1CC1. The molecule has 0 spiro atoms. The molecule has 0 aliphatic heterocycles. The van der Waals surface area contributed by atoms with Crippen molar-refractivity contribution >= 4 is 15.7 Å². The Hall–Kier alpha value is -2.19. The Bertz CT molecular complexity index is 976. The quantitative estimate of drug-likeness (QED) is 0.575. The molecule has 1 aromatic carbocycles. The molecule has 1 fully saturated rings. The number of benzene rings is 1. The lowest BCUT2D eigenvalue weighted by Gasteiger charge is -2.24. The van der Waals surface area contributed by atoms with E-state index in [1.165, 1.54) is 0 Å². The van der Waals surface area contributed by atoms with Gasteiger partial charge in [-0.25, -0.2) is 13.4 Å². The molecular weight excluding hydrogens is 402 g/mol. The first-order valence-electron chi connectivity index (χ1n) is 10.3. The number of hydrogen-bond acceptors (Lipinski definition) is 5. The minimum Gasteiger partial charge on any atom is -0.383 e. The zero-order chi connectivity index (χ0) is 21.9. The first kappa shape index (κ1) is 22.5. The molecule has 1 aliphatic carbocycles. The normalized spacial score (nSPS) is 14.3. The highest BCUT2D eigenvalue weighted by atomic mass is 32.2. The Morgan fingerprint density at radius 3 is 2.50 bits per heavy atom. The van der Waals surface area contributed by atoms with Crippen LogP contribution in [0.5, 0.6) is 0 Å². The van der Waals surface area contributed by atoms with Crippen LogP contribution >= 0.6 is 0 Å². The molecule has 1 saturated carbocycles. The van der Waals surface area contributed by atoms with Crippen LogP contribution in [0.2, 0.25) is 0 Å². The van der Waals surface area contributed by atoms with Crippen molar-refractivity contribution < 1.29 is 17.9 Å². The van der Waals surface area contributed by atoms with Crippen LogP contribution in [0.4, 0.5) is 0 Å². The number of sulfone groups is 1. The third kappa shape index (κ3) is 5.29. The van der Waals surface area contributed by atoms with Gasteiger partial charge in [0, 0.05) is 25.6 Å². The second-order valence-electron chi connectivity index (χ2n) is 8.27. The van der Waals surface area contributed by atoms with Crippen molar-refractivity contribution in [3.63, 3.8) is 0 Å². The number of ether oxygens (including phenoxy) is 1. The van der Waals surface area contributed by atoms with E-state index in [4.69, 9.17) is 4.74 Å². The van der Waals surface area contributed by atoms with E-state index in [1.807, 2.05) is 45.0 Å². The number of hydrogen-bond donors (Lipinski definition) is 0. The van der Waals surface area contributed by atoms with Crippen LogP contribution in [0, 0.1) is 12.8 Å². The fourth-order valence-corrected chi connectivity index (χ4v) is 5.10. The Morgan fingerprint density at radius 2 is 1.93 bits per heavy atom. The summed E-state index contributed by atoms with van der Waals surface area (Å²) in [6.07, 6.45) is 3.42. The van der Waals surface area contributed by atoms with E-state index < -0.39 is 9.84 Å². The maximum atomic E-state index is 13.2. The van der Waals surface area contributed by atoms with E-state index >= 15 is 0 Å². The minimum absolute atomic E-state index is 0.0543.